The molecule has 0 saturated carbocycles. The monoisotopic (exact) mass is 293 g/mol. The number of hydrogen-bond acceptors (Lipinski definition) is 3. The van der Waals surface area contributed by atoms with Gasteiger partial charge in [0.1, 0.15) is 0 Å². The van der Waals surface area contributed by atoms with Crippen LogP contribution >= 0.6 is 0 Å². The van der Waals surface area contributed by atoms with Crippen molar-refractivity contribution in [3.8, 4) is 0 Å². The Morgan fingerprint density at radius 1 is 1.10 bits per heavy atom. The number of nitrogens with one attached hydrogen (secondary N) is 1. The number of piperidine rings is 1. The molecule has 6 heteroatoms. The molecule has 2 aliphatic heterocycles. The van der Waals surface area contributed by atoms with E-state index in [9.17, 15) is 13.2 Å². The molecule has 0 aromatic heterocycles. The topological polar surface area (TPSA) is 18.5 Å². The zero-order chi connectivity index (χ0) is 14.4. The van der Waals surface area contributed by atoms with E-state index in [-0.39, 0.29) is 6.04 Å². The second-order valence-corrected chi connectivity index (χ2v) is 5.97. The standard InChI is InChI=1S/C14H26F3N3/c15-14(16,17)12-20(13-4-6-18-7-5-13)11-3-10-19-8-1-2-9-19/h13,18H,1-12H2. The van der Waals surface area contributed by atoms with Gasteiger partial charge in [0.25, 0.3) is 0 Å². The molecule has 2 fully saturated rings. The summed E-state index contributed by atoms with van der Waals surface area (Å²) in [6.45, 7) is 4.67. The van der Waals surface area contributed by atoms with Crippen molar-refractivity contribution in [1.82, 2.24) is 15.1 Å². The molecule has 0 radical (unpaired) electrons. The Morgan fingerprint density at radius 2 is 1.75 bits per heavy atom. The molecule has 0 atom stereocenters. The van der Waals surface area contributed by atoms with Crippen LogP contribution in [0.2, 0.25) is 0 Å². The van der Waals surface area contributed by atoms with Gasteiger partial charge >= 0.3 is 6.18 Å². The highest BCUT2D eigenvalue weighted by molar-refractivity contribution is 4.80. The molecule has 0 amide bonds. The molecule has 0 aromatic rings. The van der Waals surface area contributed by atoms with Crippen molar-refractivity contribution < 1.29 is 13.2 Å². The average molecular weight is 293 g/mol. The summed E-state index contributed by atoms with van der Waals surface area (Å²) in [6.07, 6.45) is 0.902. The first-order valence-electron chi connectivity index (χ1n) is 7.78. The Hall–Kier alpha value is -0.330. The van der Waals surface area contributed by atoms with Gasteiger partial charge < -0.3 is 10.2 Å². The van der Waals surface area contributed by atoms with E-state index in [1.165, 1.54) is 12.8 Å². The molecule has 2 saturated heterocycles. The lowest BCUT2D eigenvalue weighted by Crippen LogP contribution is -2.47. The molecule has 0 bridgehead atoms. The predicted molar refractivity (Wildman–Crippen MR) is 73.8 cm³/mol. The molecular formula is C14H26F3N3. The molecule has 1 N–H and O–H groups in total. The summed E-state index contributed by atoms with van der Waals surface area (Å²) in [4.78, 5) is 4.03. The fraction of sp³-hybridized carbons (Fsp3) is 1.00. The highest BCUT2D eigenvalue weighted by Crippen LogP contribution is 2.21. The van der Waals surface area contributed by atoms with Crippen molar-refractivity contribution in [3.05, 3.63) is 0 Å². The van der Waals surface area contributed by atoms with Gasteiger partial charge in [-0.3, -0.25) is 4.90 Å². The van der Waals surface area contributed by atoms with Crippen LogP contribution in [0.1, 0.15) is 32.1 Å². The van der Waals surface area contributed by atoms with Crippen LogP contribution < -0.4 is 5.32 Å². The van der Waals surface area contributed by atoms with E-state index in [0.717, 1.165) is 52.0 Å². The maximum absolute atomic E-state index is 12.7. The Balaban J connectivity index is 1.78. The highest BCUT2D eigenvalue weighted by Gasteiger charge is 2.34. The molecule has 2 rings (SSSR count). The third kappa shape index (κ3) is 5.58. The van der Waals surface area contributed by atoms with Gasteiger partial charge in [0.2, 0.25) is 0 Å². The lowest BCUT2D eigenvalue weighted by molar-refractivity contribution is -0.152. The van der Waals surface area contributed by atoms with Gasteiger partial charge in [-0.2, -0.15) is 13.2 Å². The number of alkyl halides is 3. The van der Waals surface area contributed by atoms with Crippen LogP contribution in [-0.4, -0.2) is 67.8 Å². The van der Waals surface area contributed by atoms with Crippen molar-refractivity contribution in [1.29, 1.82) is 0 Å². The zero-order valence-electron chi connectivity index (χ0n) is 12.1. The summed E-state index contributed by atoms with van der Waals surface area (Å²) >= 11 is 0. The third-order valence-corrected chi connectivity index (χ3v) is 4.33. The Morgan fingerprint density at radius 3 is 2.35 bits per heavy atom. The van der Waals surface area contributed by atoms with Crippen LogP contribution in [-0.2, 0) is 0 Å². The van der Waals surface area contributed by atoms with Crippen molar-refractivity contribution in [3.63, 3.8) is 0 Å². The van der Waals surface area contributed by atoms with Crippen LogP contribution in [0.3, 0.4) is 0 Å². The van der Waals surface area contributed by atoms with Crippen molar-refractivity contribution in [2.75, 3.05) is 45.8 Å². The normalized spacial score (nSPS) is 22.8. The van der Waals surface area contributed by atoms with Gasteiger partial charge in [0.05, 0.1) is 6.54 Å². The summed E-state index contributed by atoms with van der Waals surface area (Å²) in [5.74, 6) is 0. The van der Waals surface area contributed by atoms with Crippen molar-refractivity contribution in [2.24, 2.45) is 0 Å². The highest BCUT2D eigenvalue weighted by atomic mass is 19.4. The molecule has 118 valence electrons. The molecule has 2 aliphatic rings. The summed E-state index contributed by atoms with van der Waals surface area (Å²) in [5.41, 5.74) is 0. The van der Waals surface area contributed by atoms with E-state index in [1.54, 1.807) is 4.90 Å². The lowest BCUT2D eigenvalue weighted by Gasteiger charge is -2.35. The SMILES string of the molecule is FC(F)(F)CN(CCCN1CCCC1)C1CCNCC1. The second-order valence-electron chi connectivity index (χ2n) is 5.97. The summed E-state index contributed by atoms with van der Waals surface area (Å²) < 4.78 is 38.2. The van der Waals surface area contributed by atoms with Gasteiger partial charge in [0, 0.05) is 6.04 Å². The Kier molecular flexibility index (Phi) is 6.11. The van der Waals surface area contributed by atoms with Crippen LogP contribution in [0.4, 0.5) is 13.2 Å². The fourth-order valence-electron chi connectivity index (χ4n) is 3.30. The van der Waals surface area contributed by atoms with Gasteiger partial charge in [-0.15, -0.1) is 0 Å². The smallest absolute Gasteiger partial charge is 0.317 e. The van der Waals surface area contributed by atoms with Gasteiger partial charge in [-0.05, 0) is 71.4 Å². The van der Waals surface area contributed by atoms with Crippen LogP contribution in [0.5, 0.6) is 0 Å². The molecule has 2 heterocycles. The number of rotatable bonds is 6. The first-order chi connectivity index (χ1) is 9.54. The predicted octanol–water partition coefficient (Wildman–Crippen LogP) is 2.09. The van der Waals surface area contributed by atoms with E-state index in [4.69, 9.17) is 0 Å². The first-order valence-corrected chi connectivity index (χ1v) is 7.78. The first kappa shape index (κ1) is 16.0. The van der Waals surface area contributed by atoms with E-state index in [0.29, 0.717) is 6.54 Å². The summed E-state index contributed by atoms with van der Waals surface area (Å²) in [7, 11) is 0. The number of hydrogen-bond donors (Lipinski definition) is 1. The van der Waals surface area contributed by atoms with E-state index >= 15 is 0 Å². The molecule has 0 aliphatic carbocycles. The number of likely N-dealkylation sites (tertiary alicyclic amines) is 1. The minimum absolute atomic E-state index is 0.0939. The number of nitrogens with zero attached hydrogens (tertiary/aromatic N) is 2. The fourth-order valence-corrected chi connectivity index (χ4v) is 3.30. The maximum atomic E-state index is 12.7. The molecule has 0 spiro atoms. The minimum Gasteiger partial charge on any atom is -0.317 e. The van der Waals surface area contributed by atoms with Gasteiger partial charge in [-0.25, -0.2) is 0 Å². The zero-order valence-corrected chi connectivity index (χ0v) is 12.1. The van der Waals surface area contributed by atoms with E-state index < -0.39 is 12.7 Å². The van der Waals surface area contributed by atoms with Crippen molar-refractivity contribution in [2.45, 2.75) is 44.3 Å². The van der Waals surface area contributed by atoms with Crippen molar-refractivity contribution >= 4 is 0 Å². The van der Waals surface area contributed by atoms with E-state index in [2.05, 4.69) is 10.2 Å². The second kappa shape index (κ2) is 7.61. The average Bonchev–Trinajstić information content (AvgIpc) is 2.90. The Bertz CT molecular complexity index is 271. The van der Waals surface area contributed by atoms with E-state index in [1.807, 2.05) is 0 Å². The van der Waals surface area contributed by atoms with Crippen LogP contribution in [0.15, 0.2) is 0 Å². The maximum Gasteiger partial charge on any atom is 0.401 e. The quantitative estimate of drug-likeness (QED) is 0.809. The summed E-state index contributed by atoms with van der Waals surface area (Å²) in [6, 6.07) is 0.0939. The van der Waals surface area contributed by atoms with Crippen LogP contribution in [0, 0.1) is 0 Å². The molecule has 0 unspecified atom stereocenters. The molecule has 3 nitrogen and oxygen atoms in total. The number of halogens is 3. The van der Waals surface area contributed by atoms with Gasteiger partial charge in [0.15, 0.2) is 0 Å². The van der Waals surface area contributed by atoms with Crippen LogP contribution in [0.25, 0.3) is 0 Å². The molecular weight excluding hydrogens is 267 g/mol. The summed E-state index contributed by atoms with van der Waals surface area (Å²) in [5, 5.41) is 3.22. The minimum atomic E-state index is -4.08. The Labute approximate surface area is 119 Å². The van der Waals surface area contributed by atoms with Gasteiger partial charge in [-0.1, -0.05) is 0 Å². The third-order valence-electron chi connectivity index (χ3n) is 4.33. The molecule has 20 heavy (non-hydrogen) atoms. The lowest BCUT2D eigenvalue weighted by atomic mass is 10.0. The largest absolute Gasteiger partial charge is 0.401 e. The molecule has 0 aromatic carbocycles.